The molecule has 1 aromatic carbocycles. The van der Waals surface area contributed by atoms with Crippen LogP contribution < -0.4 is 0 Å². The molecule has 0 spiro atoms. The van der Waals surface area contributed by atoms with Crippen molar-refractivity contribution < 1.29 is 10.2 Å². The first-order chi connectivity index (χ1) is 4.79. The van der Waals surface area contributed by atoms with E-state index in [1.165, 1.54) is 5.56 Å². The molecule has 0 saturated heterocycles. The Morgan fingerprint density at radius 2 is 1.36 bits per heavy atom. The van der Waals surface area contributed by atoms with Gasteiger partial charge in [0.05, 0.1) is 0 Å². The fourth-order valence-electron chi connectivity index (χ4n) is 0.545. The van der Waals surface area contributed by atoms with Gasteiger partial charge in [-0.2, -0.15) is 0 Å². The number of hydrogen-bond acceptors (Lipinski definition) is 2. The van der Waals surface area contributed by atoms with Crippen LogP contribution in [-0.4, -0.2) is 46.9 Å². The summed E-state index contributed by atoms with van der Waals surface area (Å²) >= 11 is 0. The molecule has 0 aromatic heterocycles. The summed E-state index contributed by atoms with van der Waals surface area (Å²) in [6, 6.07) is 7.09. The van der Waals surface area contributed by atoms with Crippen LogP contribution in [0, 0.1) is 6.92 Å². The maximum absolute atomic E-state index is 8.76. The van der Waals surface area contributed by atoms with Crippen LogP contribution in [0.5, 0.6) is 5.75 Å². The van der Waals surface area contributed by atoms with Crippen LogP contribution in [0.2, 0.25) is 0 Å². The van der Waals surface area contributed by atoms with Gasteiger partial charge in [0, 0.05) is 7.11 Å². The van der Waals surface area contributed by atoms with Gasteiger partial charge in [0.15, 0.2) is 0 Å². The number of rotatable bonds is 0. The molecule has 0 bridgehead atoms. The van der Waals surface area contributed by atoms with Gasteiger partial charge in [-0.05, 0) is 19.1 Å². The summed E-state index contributed by atoms with van der Waals surface area (Å²) in [6.07, 6.45) is 0. The Morgan fingerprint density at radius 3 is 1.64 bits per heavy atom. The SMILES string of the molecule is CO.Cc1ccc(O)cc1.[NaH]. The Labute approximate surface area is 89.2 Å². The first kappa shape index (κ1) is 13.6. The second-order valence-corrected chi connectivity index (χ2v) is 1.84. The number of aliphatic hydroxyl groups is 1. The fraction of sp³-hybridized carbons (Fsp3) is 0.250. The number of aromatic hydroxyl groups is 1. The first-order valence-corrected chi connectivity index (χ1v) is 2.99. The minimum atomic E-state index is 0. The molecule has 0 amide bonds. The van der Waals surface area contributed by atoms with Crippen LogP contribution in [0.3, 0.4) is 0 Å². The molecule has 0 atom stereocenters. The Morgan fingerprint density at radius 1 is 1.00 bits per heavy atom. The van der Waals surface area contributed by atoms with Crippen LogP contribution in [0.4, 0.5) is 0 Å². The summed E-state index contributed by atoms with van der Waals surface area (Å²) in [5.74, 6) is 0.329. The summed E-state index contributed by atoms with van der Waals surface area (Å²) in [4.78, 5) is 0. The molecule has 0 fully saturated rings. The average Bonchev–Trinajstić information content (AvgIpc) is 2.00. The third-order valence-corrected chi connectivity index (χ3v) is 1.03. The second-order valence-electron chi connectivity index (χ2n) is 1.84. The monoisotopic (exact) mass is 164 g/mol. The van der Waals surface area contributed by atoms with Gasteiger partial charge in [0.1, 0.15) is 5.75 Å². The topological polar surface area (TPSA) is 40.5 Å². The minimum absolute atomic E-state index is 0. The van der Waals surface area contributed by atoms with Gasteiger partial charge in [0.2, 0.25) is 0 Å². The molecule has 1 aromatic rings. The van der Waals surface area contributed by atoms with E-state index in [1.54, 1.807) is 12.1 Å². The number of phenolic OH excluding ortho intramolecular Hbond substituents is 1. The molecule has 3 heteroatoms. The molecular formula is C8H13NaO2. The van der Waals surface area contributed by atoms with Crippen LogP contribution >= 0.6 is 0 Å². The van der Waals surface area contributed by atoms with Gasteiger partial charge in [-0.1, -0.05) is 17.7 Å². The van der Waals surface area contributed by atoms with E-state index in [9.17, 15) is 0 Å². The van der Waals surface area contributed by atoms with Crippen molar-refractivity contribution in [2.75, 3.05) is 7.11 Å². The van der Waals surface area contributed by atoms with Gasteiger partial charge >= 0.3 is 29.6 Å². The normalized spacial score (nSPS) is 7.18. The van der Waals surface area contributed by atoms with E-state index in [-0.39, 0.29) is 29.6 Å². The molecule has 2 N–H and O–H groups in total. The Hall–Kier alpha value is -0.0200. The Bertz CT molecular complexity index is 151. The molecule has 0 heterocycles. The van der Waals surface area contributed by atoms with E-state index in [1.807, 2.05) is 19.1 Å². The molecule has 0 unspecified atom stereocenters. The van der Waals surface area contributed by atoms with Crippen molar-refractivity contribution in [3.05, 3.63) is 29.8 Å². The second kappa shape index (κ2) is 8.08. The summed E-state index contributed by atoms with van der Waals surface area (Å²) in [5.41, 5.74) is 1.17. The molecule has 1 rings (SSSR count). The van der Waals surface area contributed by atoms with E-state index in [0.717, 1.165) is 7.11 Å². The zero-order valence-electron chi connectivity index (χ0n) is 6.20. The fourth-order valence-corrected chi connectivity index (χ4v) is 0.545. The summed E-state index contributed by atoms with van der Waals surface area (Å²) in [5, 5.41) is 15.8. The summed E-state index contributed by atoms with van der Waals surface area (Å²) < 4.78 is 0. The standard InChI is InChI=1S/C7H8O.CH4O.Na.H/c1-6-2-4-7(8)5-3-6;1-2;;/h2-5,8H,1H3;2H,1H3;;. The zero-order valence-corrected chi connectivity index (χ0v) is 6.20. The van der Waals surface area contributed by atoms with Crippen LogP contribution in [0.1, 0.15) is 5.56 Å². The predicted molar refractivity (Wildman–Crippen MR) is 48.1 cm³/mol. The molecule has 2 nitrogen and oxygen atoms in total. The molecule has 0 saturated carbocycles. The van der Waals surface area contributed by atoms with E-state index in [0.29, 0.717) is 5.75 Å². The quantitative estimate of drug-likeness (QED) is 0.553. The predicted octanol–water partition coefficient (Wildman–Crippen LogP) is 0.661. The molecule has 58 valence electrons. The third-order valence-electron chi connectivity index (χ3n) is 1.03. The van der Waals surface area contributed by atoms with Gasteiger partial charge in [-0.25, -0.2) is 0 Å². The average molecular weight is 164 g/mol. The first-order valence-electron chi connectivity index (χ1n) is 2.99. The number of hydrogen-bond donors (Lipinski definition) is 2. The van der Waals surface area contributed by atoms with E-state index >= 15 is 0 Å². The van der Waals surface area contributed by atoms with Crippen molar-refractivity contribution in [3.8, 4) is 5.75 Å². The number of aryl methyl sites for hydroxylation is 1. The van der Waals surface area contributed by atoms with Gasteiger partial charge in [-0.15, -0.1) is 0 Å². The summed E-state index contributed by atoms with van der Waals surface area (Å²) in [7, 11) is 1.00. The van der Waals surface area contributed by atoms with Crippen LogP contribution in [0.15, 0.2) is 24.3 Å². The molecule has 0 radical (unpaired) electrons. The molecule has 11 heavy (non-hydrogen) atoms. The number of aliphatic hydroxyl groups excluding tert-OH is 1. The van der Waals surface area contributed by atoms with Gasteiger partial charge in [-0.3, -0.25) is 0 Å². The Balaban J connectivity index is 0. The van der Waals surface area contributed by atoms with Crippen LogP contribution in [-0.2, 0) is 0 Å². The number of benzene rings is 1. The molecule has 0 aliphatic heterocycles. The van der Waals surface area contributed by atoms with Gasteiger partial charge in [0.25, 0.3) is 0 Å². The van der Waals surface area contributed by atoms with Crippen molar-refractivity contribution in [2.45, 2.75) is 6.92 Å². The van der Waals surface area contributed by atoms with E-state index in [2.05, 4.69) is 0 Å². The zero-order chi connectivity index (χ0) is 7.98. The van der Waals surface area contributed by atoms with Gasteiger partial charge < -0.3 is 10.2 Å². The van der Waals surface area contributed by atoms with Crippen LogP contribution in [0.25, 0.3) is 0 Å². The van der Waals surface area contributed by atoms with E-state index in [4.69, 9.17) is 10.2 Å². The molecule has 0 aliphatic carbocycles. The van der Waals surface area contributed by atoms with Crippen molar-refractivity contribution >= 4 is 29.6 Å². The van der Waals surface area contributed by atoms with Crippen molar-refractivity contribution in [2.24, 2.45) is 0 Å². The maximum atomic E-state index is 8.76. The molecular weight excluding hydrogens is 151 g/mol. The van der Waals surface area contributed by atoms with E-state index < -0.39 is 0 Å². The Kier molecular flexibility index (Phi) is 9.96. The van der Waals surface area contributed by atoms with Crippen molar-refractivity contribution in [3.63, 3.8) is 0 Å². The third kappa shape index (κ3) is 6.38. The van der Waals surface area contributed by atoms with Crippen molar-refractivity contribution in [1.82, 2.24) is 0 Å². The molecule has 0 aliphatic rings. The van der Waals surface area contributed by atoms with Crippen molar-refractivity contribution in [1.29, 1.82) is 0 Å². The summed E-state index contributed by atoms with van der Waals surface area (Å²) in [6.45, 7) is 1.99. The number of phenols is 1.